The molecule has 1 aromatic carbocycles. The number of aromatic nitrogens is 1. The van der Waals surface area contributed by atoms with Gasteiger partial charge in [0.15, 0.2) is 0 Å². The summed E-state index contributed by atoms with van der Waals surface area (Å²) >= 11 is 0. The Kier molecular flexibility index (Phi) is 4.37. The third kappa shape index (κ3) is 3.38. The van der Waals surface area contributed by atoms with Crippen molar-refractivity contribution in [2.24, 2.45) is 0 Å². The Morgan fingerprint density at radius 1 is 1.35 bits per heavy atom. The van der Waals surface area contributed by atoms with Crippen LogP contribution in [0.5, 0.6) is 0 Å². The van der Waals surface area contributed by atoms with Crippen molar-refractivity contribution in [2.45, 2.75) is 51.1 Å². The molecule has 5 nitrogen and oxygen atoms in total. The van der Waals surface area contributed by atoms with Crippen molar-refractivity contribution in [3.05, 3.63) is 36.0 Å². The summed E-state index contributed by atoms with van der Waals surface area (Å²) in [5.74, 6) is -0.968. The number of carboxylic acids is 1. The van der Waals surface area contributed by atoms with Gasteiger partial charge in [0.05, 0.1) is 0 Å². The number of carboxylic acid groups (broad SMARTS) is 1. The summed E-state index contributed by atoms with van der Waals surface area (Å²) in [5, 5.41) is 10.4. The summed E-state index contributed by atoms with van der Waals surface area (Å²) in [6, 6.07) is 7.50. The van der Waals surface area contributed by atoms with Crippen molar-refractivity contribution in [1.82, 2.24) is 9.88 Å². The Labute approximate surface area is 135 Å². The van der Waals surface area contributed by atoms with E-state index in [1.807, 2.05) is 24.4 Å². The van der Waals surface area contributed by atoms with E-state index in [4.69, 9.17) is 0 Å². The fraction of sp³-hybridized carbons (Fsp3) is 0.444. The monoisotopic (exact) mass is 314 g/mol. The molecule has 1 saturated carbocycles. The number of para-hydroxylation sites is 1. The van der Waals surface area contributed by atoms with Crippen LogP contribution in [0.3, 0.4) is 0 Å². The van der Waals surface area contributed by atoms with Crippen molar-refractivity contribution in [3.8, 4) is 0 Å². The van der Waals surface area contributed by atoms with Gasteiger partial charge in [0.25, 0.3) is 0 Å². The Bertz CT molecular complexity index is 718. The summed E-state index contributed by atoms with van der Waals surface area (Å²) < 4.78 is 0. The highest BCUT2D eigenvalue weighted by Gasteiger charge is 2.37. The lowest BCUT2D eigenvalue weighted by Gasteiger charge is -2.26. The molecule has 5 heteroatoms. The molecule has 0 saturated heterocycles. The average Bonchev–Trinajstić information content (AvgIpc) is 3.28. The van der Waals surface area contributed by atoms with Crippen molar-refractivity contribution in [3.63, 3.8) is 0 Å². The predicted molar refractivity (Wildman–Crippen MR) is 88.2 cm³/mol. The van der Waals surface area contributed by atoms with Crippen LogP contribution in [-0.2, 0) is 16.0 Å². The predicted octanol–water partition coefficient (Wildman–Crippen LogP) is 2.95. The third-order valence-electron chi connectivity index (χ3n) is 4.51. The fourth-order valence-corrected chi connectivity index (χ4v) is 3.11. The van der Waals surface area contributed by atoms with Crippen LogP contribution in [0.4, 0.5) is 0 Å². The minimum atomic E-state index is -0.929. The van der Waals surface area contributed by atoms with Crippen LogP contribution >= 0.6 is 0 Å². The molecule has 0 bridgehead atoms. The van der Waals surface area contributed by atoms with Crippen LogP contribution in [0.2, 0.25) is 0 Å². The molecule has 2 N–H and O–H groups in total. The van der Waals surface area contributed by atoms with Gasteiger partial charge in [0.2, 0.25) is 5.91 Å². The van der Waals surface area contributed by atoms with E-state index in [9.17, 15) is 14.7 Å². The number of hydrogen-bond donors (Lipinski definition) is 2. The maximum Gasteiger partial charge on any atom is 0.326 e. The smallest absolute Gasteiger partial charge is 0.326 e. The Balaban J connectivity index is 1.59. The summed E-state index contributed by atoms with van der Waals surface area (Å²) in [7, 11) is 0. The molecule has 1 heterocycles. The zero-order valence-corrected chi connectivity index (χ0v) is 13.3. The number of fused-ring (bicyclic) bond motifs is 1. The molecule has 0 radical (unpaired) electrons. The molecule has 2 aromatic rings. The Morgan fingerprint density at radius 3 is 2.78 bits per heavy atom. The largest absolute Gasteiger partial charge is 0.480 e. The number of aromatic amines is 1. The molecular weight excluding hydrogens is 292 g/mol. The first kappa shape index (κ1) is 15.6. The van der Waals surface area contributed by atoms with E-state index >= 15 is 0 Å². The lowest BCUT2D eigenvalue weighted by Crippen LogP contribution is -2.44. The van der Waals surface area contributed by atoms with Crippen LogP contribution in [0.25, 0.3) is 10.9 Å². The first-order chi connectivity index (χ1) is 11.1. The van der Waals surface area contributed by atoms with E-state index < -0.39 is 12.0 Å². The molecule has 1 aliphatic carbocycles. The van der Waals surface area contributed by atoms with Gasteiger partial charge in [-0.15, -0.1) is 0 Å². The van der Waals surface area contributed by atoms with E-state index in [0.29, 0.717) is 6.42 Å². The van der Waals surface area contributed by atoms with Gasteiger partial charge in [0.1, 0.15) is 6.04 Å². The van der Waals surface area contributed by atoms with Gasteiger partial charge < -0.3 is 15.0 Å². The second kappa shape index (κ2) is 6.44. The number of H-pyrrole nitrogens is 1. The van der Waals surface area contributed by atoms with Crippen LogP contribution in [0, 0.1) is 0 Å². The van der Waals surface area contributed by atoms with Gasteiger partial charge >= 0.3 is 5.97 Å². The molecule has 1 unspecified atom stereocenters. The fourth-order valence-electron chi connectivity index (χ4n) is 3.11. The van der Waals surface area contributed by atoms with Gasteiger partial charge in [-0.1, -0.05) is 18.2 Å². The lowest BCUT2D eigenvalue weighted by atomic mass is 10.1. The van der Waals surface area contributed by atoms with Gasteiger partial charge in [-0.05, 0) is 44.2 Å². The molecule has 23 heavy (non-hydrogen) atoms. The van der Waals surface area contributed by atoms with Crippen LogP contribution in [0.15, 0.2) is 30.5 Å². The minimum absolute atomic E-state index is 0.0396. The summed E-state index contributed by atoms with van der Waals surface area (Å²) in [6.45, 7) is 1.60. The lowest BCUT2D eigenvalue weighted by molar-refractivity contribution is -0.150. The molecule has 1 aliphatic rings. The minimum Gasteiger partial charge on any atom is -0.480 e. The van der Waals surface area contributed by atoms with Gasteiger partial charge in [-0.25, -0.2) is 4.79 Å². The third-order valence-corrected chi connectivity index (χ3v) is 4.51. The number of aliphatic carboxylic acids is 1. The van der Waals surface area contributed by atoms with E-state index in [1.54, 1.807) is 11.8 Å². The zero-order valence-electron chi connectivity index (χ0n) is 13.3. The molecular formula is C18H22N2O3. The van der Waals surface area contributed by atoms with Crippen LogP contribution in [0.1, 0.15) is 38.2 Å². The number of carbonyl (C=O) groups is 2. The number of hydrogen-bond acceptors (Lipinski definition) is 2. The number of aryl methyl sites for hydroxylation is 1. The van der Waals surface area contributed by atoms with Crippen molar-refractivity contribution in [1.29, 1.82) is 0 Å². The Hall–Kier alpha value is -2.30. The SMILES string of the molecule is CC(C(=O)O)N(C(=O)CCCc1c[nH]c2ccccc12)C1CC1. The van der Waals surface area contributed by atoms with E-state index in [0.717, 1.165) is 31.2 Å². The molecule has 1 atom stereocenters. The molecule has 1 fully saturated rings. The molecule has 3 rings (SSSR count). The Morgan fingerprint density at radius 2 is 2.09 bits per heavy atom. The number of carbonyl (C=O) groups excluding carboxylic acids is 1. The van der Waals surface area contributed by atoms with Crippen molar-refractivity contribution >= 4 is 22.8 Å². The highest BCUT2D eigenvalue weighted by Crippen LogP contribution is 2.30. The number of nitrogens with one attached hydrogen (secondary N) is 1. The van der Waals surface area contributed by atoms with Gasteiger partial charge in [-0.2, -0.15) is 0 Å². The van der Waals surface area contributed by atoms with Gasteiger partial charge in [-0.3, -0.25) is 4.79 Å². The quantitative estimate of drug-likeness (QED) is 0.825. The topological polar surface area (TPSA) is 73.4 Å². The number of amides is 1. The first-order valence-electron chi connectivity index (χ1n) is 8.17. The molecule has 0 aliphatic heterocycles. The maximum atomic E-state index is 12.4. The average molecular weight is 314 g/mol. The van der Waals surface area contributed by atoms with Gasteiger partial charge in [0, 0.05) is 29.6 Å². The number of benzene rings is 1. The molecule has 122 valence electrons. The molecule has 1 aromatic heterocycles. The van der Waals surface area contributed by atoms with Crippen molar-refractivity contribution in [2.75, 3.05) is 0 Å². The summed E-state index contributed by atoms with van der Waals surface area (Å²) in [6.07, 6.45) is 5.78. The van der Waals surface area contributed by atoms with E-state index in [1.165, 1.54) is 10.9 Å². The maximum absolute atomic E-state index is 12.4. The second-order valence-corrected chi connectivity index (χ2v) is 6.26. The summed E-state index contributed by atoms with van der Waals surface area (Å²) in [4.78, 5) is 28.4. The number of nitrogens with zero attached hydrogens (tertiary/aromatic N) is 1. The molecule has 1 amide bonds. The van der Waals surface area contributed by atoms with E-state index in [2.05, 4.69) is 11.1 Å². The van der Waals surface area contributed by atoms with E-state index in [-0.39, 0.29) is 11.9 Å². The van der Waals surface area contributed by atoms with Crippen LogP contribution in [-0.4, -0.2) is 39.0 Å². The zero-order chi connectivity index (χ0) is 16.4. The highest BCUT2D eigenvalue weighted by molar-refractivity contribution is 5.84. The van der Waals surface area contributed by atoms with Crippen molar-refractivity contribution < 1.29 is 14.7 Å². The normalized spacial score (nSPS) is 15.5. The summed E-state index contributed by atoms with van der Waals surface area (Å²) in [5.41, 5.74) is 2.31. The van der Waals surface area contributed by atoms with Crippen LogP contribution < -0.4 is 0 Å². The molecule has 0 spiro atoms. The number of rotatable bonds is 7. The first-order valence-corrected chi connectivity index (χ1v) is 8.17. The second-order valence-electron chi connectivity index (χ2n) is 6.26. The highest BCUT2D eigenvalue weighted by atomic mass is 16.4. The standard InChI is InChI=1S/C18H22N2O3/c1-12(18(22)23)20(14-9-10-14)17(21)8-4-5-13-11-19-16-7-3-2-6-15(13)16/h2-3,6-7,11-12,14,19H,4-5,8-10H2,1H3,(H,22,23).